The lowest BCUT2D eigenvalue weighted by Gasteiger charge is -2.48. The second kappa shape index (κ2) is 20.3. The first-order chi connectivity index (χ1) is 24.8. The molecule has 0 aromatic carbocycles. The zero-order chi connectivity index (χ0) is 38.6. The summed E-state index contributed by atoms with van der Waals surface area (Å²) in [6.07, 6.45) is -3.66. The van der Waals surface area contributed by atoms with Crippen LogP contribution in [0.5, 0.6) is 0 Å². The van der Waals surface area contributed by atoms with Crippen LogP contribution in [0.15, 0.2) is 41.6 Å². The molecule has 2 fully saturated rings. The number of methoxy groups -OCH3 is 1. The second-order valence-corrected chi connectivity index (χ2v) is 12.5. The van der Waals surface area contributed by atoms with E-state index in [9.17, 15) is 45.3 Å². The van der Waals surface area contributed by atoms with Crippen LogP contribution in [-0.2, 0) is 33.3 Å². The number of hydrogen-bond donors (Lipinski definition) is 11. The second-order valence-electron chi connectivity index (χ2n) is 12.5. The van der Waals surface area contributed by atoms with Crippen molar-refractivity contribution >= 4 is 17.9 Å². The van der Waals surface area contributed by atoms with Crippen molar-refractivity contribution in [2.75, 3.05) is 66.8 Å². The van der Waals surface area contributed by atoms with Crippen LogP contribution in [0.4, 0.5) is 0 Å². The molecule has 0 radical (unpaired) electrons. The van der Waals surface area contributed by atoms with Crippen molar-refractivity contribution in [1.29, 1.82) is 0 Å². The zero-order valence-corrected chi connectivity index (χ0v) is 29.1. The minimum atomic E-state index is -3.06. The van der Waals surface area contributed by atoms with Crippen molar-refractivity contribution in [3.63, 3.8) is 0 Å². The Balaban J connectivity index is 2.02. The molecule has 20 nitrogen and oxygen atoms in total. The van der Waals surface area contributed by atoms with E-state index in [2.05, 4.69) is 22.2 Å². The highest BCUT2D eigenvalue weighted by atomic mass is 16.8. The summed E-state index contributed by atoms with van der Waals surface area (Å²) >= 11 is 0. The number of aliphatic hydroxyl groups excluding tert-OH is 5. The number of carboxylic acids is 1. The number of nitrogens with one attached hydrogen (secondary N) is 2. The molecule has 0 aromatic heterocycles. The summed E-state index contributed by atoms with van der Waals surface area (Å²) in [5.74, 6) is -8.43. The Morgan fingerprint density at radius 3 is 2.50 bits per heavy atom. The smallest absolute Gasteiger partial charge is 0.337 e. The normalized spacial score (nSPS) is 33.2. The maximum Gasteiger partial charge on any atom is 0.337 e. The number of likely N-dealkylation sites (tertiary alicyclic amines) is 1. The summed E-state index contributed by atoms with van der Waals surface area (Å²) in [6.45, 7) is 2.82. The molecule has 3 unspecified atom stereocenters. The van der Waals surface area contributed by atoms with Crippen molar-refractivity contribution in [3.8, 4) is 0 Å². The summed E-state index contributed by atoms with van der Waals surface area (Å²) in [7, 11) is 2.59. The van der Waals surface area contributed by atoms with Gasteiger partial charge >= 0.3 is 11.9 Å². The number of allylic oxidation sites excluding steroid dienone is 1. The minimum Gasteiger partial charge on any atom is -0.481 e. The van der Waals surface area contributed by atoms with E-state index in [1.165, 1.54) is 20.2 Å². The molecule has 11 atom stereocenters. The van der Waals surface area contributed by atoms with Gasteiger partial charge in [-0.3, -0.25) is 20.0 Å². The van der Waals surface area contributed by atoms with Gasteiger partial charge in [0.1, 0.15) is 18.4 Å². The van der Waals surface area contributed by atoms with Gasteiger partial charge in [0.05, 0.1) is 56.6 Å². The van der Waals surface area contributed by atoms with Crippen LogP contribution in [0, 0.1) is 23.7 Å². The van der Waals surface area contributed by atoms with E-state index in [0.29, 0.717) is 6.42 Å². The number of piperidine rings is 1. The van der Waals surface area contributed by atoms with Crippen LogP contribution in [0.3, 0.4) is 0 Å². The van der Waals surface area contributed by atoms with Crippen molar-refractivity contribution in [2.24, 2.45) is 34.4 Å². The van der Waals surface area contributed by atoms with Crippen molar-refractivity contribution < 1.29 is 74.1 Å². The first-order valence-electron chi connectivity index (χ1n) is 16.8. The van der Waals surface area contributed by atoms with Gasteiger partial charge in [0, 0.05) is 44.6 Å². The monoisotopic (exact) mass is 747 g/mol. The molecule has 3 aliphatic rings. The molecule has 0 aliphatic carbocycles. The Kier molecular flexibility index (Phi) is 16.8. The number of aliphatic imine (C=N–C) groups is 1. The maximum absolute atomic E-state index is 13.0. The SMILES string of the molecule is C=C[C@H]1[C@@H](O[C@@H]2O[C@H](CO)[C@@H](O)C(O)(O)[C@@H]2O[C@H](CO)NC)OC=C(C(=O)OC)[C@H]1C=CC1CN(CCO)CC(C(=O)O)C1NC(N)=NCCCO. The number of nitrogens with two attached hydrogens (primary N) is 1. The number of aliphatic hydroxyl groups is 7. The molecular weight excluding hydrogens is 694 g/mol. The Bertz CT molecular complexity index is 1260. The van der Waals surface area contributed by atoms with Crippen LogP contribution in [-0.4, -0.2) is 179 Å². The molecule has 3 heterocycles. The van der Waals surface area contributed by atoms with Crippen LogP contribution < -0.4 is 16.4 Å². The number of nitrogens with zero attached hydrogens (tertiary/aromatic N) is 2. The first-order valence-corrected chi connectivity index (χ1v) is 16.8. The van der Waals surface area contributed by atoms with Crippen LogP contribution >= 0.6 is 0 Å². The molecule has 0 bridgehead atoms. The van der Waals surface area contributed by atoms with E-state index < -0.39 is 97.8 Å². The highest BCUT2D eigenvalue weighted by Gasteiger charge is 2.58. The number of esters is 1. The fourth-order valence-electron chi connectivity index (χ4n) is 6.35. The predicted octanol–water partition coefficient (Wildman–Crippen LogP) is -4.65. The van der Waals surface area contributed by atoms with E-state index in [1.807, 2.05) is 0 Å². The minimum absolute atomic E-state index is 0.0195. The fourth-order valence-corrected chi connectivity index (χ4v) is 6.35. The van der Waals surface area contributed by atoms with Crippen LogP contribution in [0.2, 0.25) is 0 Å². The summed E-state index contributed by atoms with van der Waals surface area (Å²) < 4.78 is 28.1. The van der Waals surface area contributed by atoms with Gasteiger partial charge in [-0.05, 0) is 13.5 Å². The third-order valence-electron chi connectivity index (χ3n) is 9.15. The molecule has 0 saturated carbocycles. The average molecular weight is 748 g/mol. The summed E-state index contributed by atoms with van der Waals surface area (Å²) in [4.78, 5) is 31.4. The quantitative estimate of drug-likeness (QED) is 0.0157. The van der Waals surface area contributed by atoms with Gasteiger partial charge in [0.2, 0.25) is 12.1 Å². The van der Waals surface area contributed by atoms with Gasteiger partial charge in [0.15, 0.2) is 18.4 Å². The zero-order valence-electron chi connectivity index (χ0n) is 29.1. The summed E-state index contributed by atoms with van der Waals surface area (Å²) in [6, 6.07) is -0.801. The lowest BCUT2D eigenvalue weighted by Crippen LogP contribution is -2.69. The number of likely N-dealkylation sites (N-methyl/N-ethyl adjacent to an activating group) is 1. The van der Waals surface area contributed by atoms with E-state index >= 15 is 0 Å². The number of aliphatic carboxylic acids is 1. The summed E-state index contributed by atoms with van der Waals surface area (Å²) in [5.41, 5.74) is 6.12. The number of carboxylic acid groups (broad SMARTS) is 1. The largest absolute Gasteiger partial charge is 0.481 e. The van der Waals surface area contributed by atoms with E-state index in [-0.39, 0.29) is 50.9 Å². The molecule has 296 valence electrons. The van der Waals surface area contributed by atoms with E-state index in [4.69, 9.17) is 34.5 Å². The van der Waals surface area contributed by atoms with Gasteiger partial charge in [0.25, 0.3) is 0 Å². The first kappa shape index (κ1) is 43.2. The highest BCUT2D eigenvalue weighted by Crippen LogP contribution is 2.39. The number of carbonyl (C=O) groups excluding carboxylic acids is 1. The number of β-amino-alcohol motifs (C(OH)–C–C–N with tert-alkyl or cyclic N) is 1. The average Bonchev–Trinajstić information content (AvgIpc) is 3.12. The lowest BCUT2D eigenvalue weighted by atomic mass is 9.79. The molecular formula is C32H53N5O15. The molecule has 0 amide bonds. The Hall–Kier alpha value is -3.25. The van der Waals surface area contributed by atoms with Crippen LogP contribution in [0.25, 0.3) is 0 Å². The van der Waals surface area contributed by atoms with Crippen molar-refractivity contribution in [2.45, 2.75) is 55.4 Å². The van der Waals surface area contributed by atoms with Gasteiger partial charge in [-0.1, -0.05) is 18.2 Å². The Labute approximate surface area is 300 Å². The number of carbonyl (C=O) groups is 2. The van der Waals surface area contributed by atoms with Crippen molar-refractivity contribution in [3.05, 3.63) is 36.6 Å². The topological polar surface area (TPSA) is 308 Å². The maximum atomic E-state index is 13.0. The molecule has 0 spiro atoms. The number of guanidine groups is 1. The number of rotatable bonds is 18. The van der Waals surface area contributed by atoms with E-state index in [0.717, 1.165) is 6.26 Å². The van der Waals surface area contributed by atoms with Crippen molar-refractivity contribution in [1.82, 2.24) is 15.5 Å². The van der Waals surface area contributed by atoms with Gasteiger partial charge < -0.3 is 75.6 Å². The fraction of sp³-hybridized carbons (Fsp3) is 0.719. The van der Waals surface area contributed by atoms with E-state index in [1.54, 1.807) is 17.1 Å². The molecule has 12 N–H and O–H groups in total. The molecule has 52 heavy (non-hydrogen) atoms. The third kappa shape index (κ3) is 10.5. The Morgan fingerprint density at radius 2 is 1.92 bits per heavy atom. The lowest BCUT2D eigenvalue weighted by molar-refractivity contribution is -0.416. The number of ether oxygens (including phenoxy) is 5. The molecule has 3 aliphatic heterocycles. The Morgan fingerprint density at radius 1 is 1.19 bits per heavy atom. The molecule has 2 saturated heterocycles. The third-order valence-corrected chi connectivity index (χ3v) is 9.15. The molecule has 3 rings (SSSR count). The van der Waals surface area contributed by atoms with Gasteiger partial charge in [-0.25, -0.2) is 4.79 Å². The molecule has 0 aromatic rings. The van der Waals surface area contributed by atoms with Gasteiger partial charge in [-0.2, -0.15) is 0 Å². The standard InChI is InChI=1S/C32H53N5O15/c1-4-18-19(7-6-17-12-37(9-11-39)13-20(27(43)44)24(17)36-31(33)35-8-5-10-38)21(28(45)48-3)16-49-29(18)52-30-26(51-23(15-41)34-2)32(46,47)25(42)22(14-40)50-30/h4,6-7,16-20,22-26,29-30,34,38-42,46-47H,1,5,8-15H2,2-3H3,(H,43,44)(H3,33,35,36)/t17?,18-,19+,20?,22-,23-,24?,25-,26-,29-,30+/m1/s1. The van der Waals surface area contributed by atoms with Crippen LogP contribution in [0.1, 0.15) is 6.42 Å². The summed E-state index contributed by atoms with van der Waals surface area (Å²) in [5, 5.41) is 86.4. The predicted molar refractivity (Wildman–Crippen MR) is 179 cm³/mol. The highest BCUT2D eigenvalue weighted by molar-refractivity contribution is 5.89. The molecule has 20 heteroatoms. The number of hydrogen-bond acceptors (Lipinski definition) is 17. The van der Waals surface area contributed by atoms with Gasteiger partial charge in [-0.15, -0.1) is 6.58 Å².